The van der Waals surface area contributed by atoms with Gasteiger partial charge in [0.05, 0.1) is 28.4 Å². The average molecular weight is 753 g/mol. The highest BCUT2D eigenvalue weighted by atomic mass is 35.5. The molecular weight excluding hydrogens is 707 g/mol. The molecule has 0 saturated carbocycles. The van der Waals surface area contributed by atoms with E-state index in [1.54, 1.807) is 51.2 Å². The van der Waals surface area contributed by atoms with E-state index < -0.39 is 22.8 Å². The van der Waals surface area contributed by atoms with E-state index in [1.165, 1.54) is 0 Å². The van der Waals surface area contributed by atoms with Gasteiger partial charge >= 0.3 is 12.1 Å². The molecule has 2 bridgehead atoms. The Bertz CT molecular complexity index is 2230. The number of rotatable bonds is 3. The van der Waals surface area contributed by atoms with Gasteiger partial charge in [-0.2, -0.15) is 0 Å². The van der Waals surface area contributed by atoms with Crippen molar-refractivity contribution in [2.24, 2.45) is 5.41 Å². The molecule has 10 nitrogen and oxygen atoms in total. The van der Waals surface area contributed by atoms with Crippen LogP contribution in [0.3, 0.4) is 0 Å². The standard InChI is InChI=1S/C42H46ClFN6O4/c1-40(2,3)38(51)53-28-20-25-10-7-11-31(43)33(25)29(21-28)35-34(44)36-30(22-45-35)37(47-32(46-36)14-17-42-15-8-18-49(42)19-9-16-42)48-23-26-12-13-27(24-48)50(26)39(52)54-41(4,5)6/h7,10-11,20-22,26-27H,8-9,12-13,15-16,18-19,23-24H2,1-6H3. The number of benzene rings is 2. The monoisotopic (exact) mass is 752 g/mol. The Morgan fingerprint density at radius 3 is 2.37 bits per heavy atom. The average Bonchev–Trinajstić information content (AvgIpc) is 3.76. The highest BCUT2D eigenvalue weighted by Gasteiger charge is 2.46. The van der Waals surface area contributed by atoms with Crippen molar-refractivity contribution >= 4 is 51.2 Å². The molecule has 2 atom stereocenters. The molecule has 12 heteroatoms. The number of aromatic nitrogens is 3. The van der Waals surface area contributed by atoms with Crippen LogP contribution in [0.1, 0.15) is 85.9 Å². The zero-order valence-electron chi connectivity index (χ0n) is 31.8. The van der Waals surface area contributed by atoms with E-state index in [0.717, 1.165) is 51.6 Å². The number of esters is 1. The number of pyridine rings is 1. The van der Waals surface area contributed by atoms with Gasteiger partial charge in [-0.05, 0) is 123 Å². The van der Waals surface area contributed by atoms with Crippen molar-refractivity contribution in [3.05, 3.63) is 53.2 Å². The first-order valence-corrected chi connectivity index (χ1v) is 19.3. The maximum atomic E-state index is 17.3. The Morgan fingerprint density at radius 2 is 1.70 bits per heavy atom. The number of halogens is 2. The van der Waals surface area contributed by atoms with Crippen molar-refractivity contribution in [3.63, 3.8) is 0 Å². The van der Waals surface area contributed by atoms with Gasteiger partial charge < -0.3 is 14.4 Å². The third-order valence-corrected chi connectivity index (χ3v) is 11.4. The lowest BCUT2D eigenvalue weighted by Crippen LogP contribution is -2.57. The molecule has 2 aromatic carbocycles. The van der Waals surface area contributed by atoms with E-state index in [4.69, 9.17) is 36.0 Å². The molecule has 0 aliphatic carbocycles. The van der Waals surface area contributed by atoms with Crippen molar-refractivity contribution < 1.29 is 23.5 Å². The van der Waals surface area contributed by atoms with E-state index in [1.807, 2.05) is 31.7 Å². The minimum absolute atomic E-state index is 0.0176. The van der Waals surface area contributed by atoms with Crippen LogP contribution in [-0.2, 0) is 9.53 Å². The zero-order valence-corrected chi connectivity index (χ0v) is 32.5. The lowest BCUT2D eigenvalue weighted by molar-refractivity contribution is -0.142. The fraction of sp³-hybridized carbons (Fsp3) is 0.500. The number of nitrogens with zero attached hydrogens (tertiary/aromatic N) is 6. The van der Waals surface area contributed by atoms with Crippen LogP contribution in [0.4, 0.5) is 15.0 Å². The molecule has 4 aromatic rings. The van der Waals surface area contributed by atoms with Gasteiger partial charge in [-0.3, -0.25) is 19.6 Å². The van der Waals surface area contributed by atoms with Crippen molar-refractivity contribution in [1.29, 1.82) is 0 Å². The van der Waals surface area contributed by atoms with Crippen LogP contribution < -0.4 is 9.64 Å². The molecule has 2 unspecified atom stereocenters. The summed E-state index contributed by atoms with van der Waals surface area (Å²) in [6.45, 7) is 14.0. The molecule has 2 aromatic heterocycles. The van der Waals surface area contributed by atoms with Gasteiger partial charge in [-0.15, -0.1) is 0 Å². The van der Waals surface area contributed by atoms with E-state index in [2.05, 4.69) is 21.6 Å². The molecule has 1 amide bonds. The Kier molecular flexibility index (Phi) is 9.01. The van der Waals surface area contributed by atoms with Crippen LogP contribution in [0.5, 0.6) is 5.75 Å². The number of anilines is 1. The summed E-state index contributed by atoms with van der Waals surface area (Å²) in [7, 11) is 0. The number of piperazine rings is 1. The molecule has 4 saturated heterocycles. The maximum absolute atomic E-state index is 17.3. The van der Waals surface area contributed by atoms with E-state index in [0.29, 0.717) is 45.7 Å². The summed E-state index contributed by atoms with van der Waals surface area (Å²) in [5, 5.41) is 2.09. The molecule has 0 radical (unpaired) electrons. The highest BCUT2D eigenvalue weighted by Crippen LogP contribution is 2.42. The van der Waals surface area contributed by atoms with Crippen molar-refractivity contribution in [2.75, 3.05) is 31.1 Å². The summed E-state index contributed by atoms with van der Waals surface area (Å²) < 4.78 is 28.9. The van der Waals surface area contributed by atoms with Crippen LogP contribution in [-0.4, -0.2) is 86.2 Å². The van der Waals surface area contributed by atoms with Crippen molar-refractivity contribution in [2.45, 2.75) is 103 Å². The first-order valence-electron chi connectivity index (χ1n) is 19.0. The third kappa shape index (κ3) is 6.62. The number of carbonyl (C=O) groups excluding carboxylic acids is 2. The maximum Gasteiger partial charge on any atom is 0.410 e. The van der Waals surface area contributed by atoms with Crippen LogP contribution in [0.2, 0.25) is 5.02 Å². The Balaban J connectivity index is 1.26. The fourth-order valence-corrected chi connectivity index (χ4v) is 8.84. The first kappa shape index (κ1) is 36.4. The van der Waals surface area contributed by atoms with E-state index >= 15 is 4.39 Å². The molecule has 282 valence electrons. The Morgan fingerprint density at radius 1 is 1.00 bits per heavy atom. The Labute approximate surface area is 320 Å². The van der Waals surface area contributed by atoms with Crippen LogP contribution in [0.15, 0.2) is 36.5 Å². The number of hydrogen-bond donors (Lipinski definition) is 0. The summed E-state index contributed by atoms with van der Waals surface area (Å²) in [5.41, 5.74) is -1.10. The molecule has 6 heterocycles. The number of carbonyl (C=O) groups is 2. The van der Waals surface area contributed by atoms with Crippen molar-refractivity contribution in [3.8, 4) is 28.8 Å². The van der Waals surface area contributed by atoms with Gasteiger partial charge in [0.15, 0.2) is 5.82 Å². The molecule has 4 fully saturated rings. The molecule has 4 aliphatic rings. The lowest BCUT2D eigenvalue weighted by atomic mass is 9.95. The molecule has 4 aliphatic heterocycles. The summed E-state index contributed by atoms with van der Waals surface area (Å²) in [4.78, 5) is 47.2. The normalized spacial score (nSPS) is 21.0. The summed E-state index contributed by atoms with van der Waals surface area (Å²) in [6.07, 6.45) is 7.11. The molecule has 8 rings (SSSR count). The molecule has 54 heavy (non-hydrogen) atoms. The van der Waals surface area contributed by atoms with Gasteiger partial charge in [0.25, 0.3) is 0 Å². The lowest BCUT2D eigenvalue weighted by Gasteiger charge is -2.42. The van der Waals surface area contributed by atoms with Crippen LogP contribution >= 0.6 is 11.6 Å². The quantitative estimate of drug-likeness (QED) is 0.117. The fourth-order valence-electron chi connectivity index (χ4n) is 8.56. The largest absolute Gasteiger partial charge is 0.444 e. The second kappa shape index (κ2) is 13.3. The predicted molar refractivity (Wildman–Crippen MR) is 207 cm³/mol. The SMILES string of the molecule is CC(C)(C)OC(=O)N1C2CCC1CN(c1nc(C#CC34CCCN3CCC4)nc3c(F)c(-c4cc(OC(=O)C(C)(C)C)cc5cccc(Cl)c45)ncc13)C2. The predicted octanol–water partition coefficient (Wildman–Crippen LogP) is 8.16. The summed E-state index contributed by atoms with van der Waals surface area (Å²) >= 11 is 6.77. The third-order valence-electron chi connectivity index (χ3n) is 11.1. The number of hydrogen-bond acceptors (Lipinski definition) is 9. The summed E-state index contributed by atoms with van der Waals surface area (Å²) in [6, 6.07) is 8.52. The van der Waals surface area contributed by atoms with Gasteiger partial charge in [0, 0.05) is 35.3 Å². The Hall–Kier alpha value is -4.53. The molecule has 0 spiro atoms. The van der Waals surface area contributed by atoms with Gasteiger partial charge in [0.2, 0.25) is 5.82 Å². The van der Waals surface area contributed by atoms with Crippen molar-refractivity contribution in [1.82, 2.24) is 24.8 Å². The first-order chi connectivity index (χ1) is 25.6. The van der Waals surface area contributed by atoms with E-state index in [9.17, 15) is 9.59 Å². The number of fused-ring (bicyclic) bond motifs is 5. The minimum atomic E-state index is -0.758. The molecular formula is C42H46ClFN6O4. The smallest absolute Gasteiger partial charge is 0.410 e. The van der Waals surface area contributed by atoms with E-state index in [-0.39, 0.29) is 46.5 Å². The number of amides is 1. The minimum Gasteiger partial charge on any atom is -0.444 e. The number of ether oxygens (including phenoxy) is 2. The topological polar surface area (TPSA) is 101 Å². The second-order valence-corrected chi connectivity index (χ2v) is 17.6. The van der Waals surface area contributed by atoms with Gasteiger partial charge in [-0.25, -0.2) is 19.2 Å². The van der Waals surface area contributed by atoms with Gasteiger partial charge in [-0.1, -0.05) is 29.7 Å². The summed E-state index contributed by atoms with van der Waals surface area (Å²) in [5.74, 6) is 6.77. The van der Waals surface area contributed by atoms with Crippen LogP contribution in [0.25, 0.3) is 32.9 Å². The zero-order chi connectivity index (χ0) is 38.2. The molecule has 0 N–H and O–H groups in total. The van der Waals surface area contributed by atoms with Gasteiger partial charge in [0.1, 0.15) is 28.4 Å². The van der Waals surface area contributed by atoms with Crippen LogP contribution in [0, 0.1) is 23.1 Å². The highest BCUT2D eigenvalue weighted by molar-refractivity contribution is 6.36. The second-order valence-electron chi connectivity index (χ2n) is 17.2.